The van der Waals surface area contributed by atoms with Crippen molar-refractivity contribution in [2.45, 2.75) is 39.9 Å². The highest BCUT2D eigenvalue weighted by Crippen LogP contribution is 2.29. The molecular formula is C15H22O2S. The lowest BCUT2D eigenvalue weighted by atomic mass is 9.96. The van der Waals surface area contributed by atoms with Gasteiger partial charge in [-0.1, -0.05) is 13.8 Å². The maximum absolute atomic E-state index is 12.2. The number of carbonyl (C=O) groups excluding carboxylic acids is 1. The number of rotatable bonds is 5. The van der Waals surface area contributed by atoms with Gasteiger partial charge in [-0.05, 0) is 48.8 Å². The van der Waals surface area contributed by atoms with E-state index in [2.05, 4.69) is 13.8 Å². The molecule has 0 amide bonds. The second kappa shape index (κ2) is 6.28. The first-order valence-electron chi connectivity index (χ1n) is 6.18. The molecule has 100 valence electrons. The lowest BCUT2D eigenvalue weighted by molar-refractivity contribution is 0.102. The van der Waals surface area contributed by atoms with Gasteiger partial charge in [0.2, 0.25) is 0 Å². The number of thioether (sulfide) groups is 1. The van der Waals surface area contributed by atoms with Crippen LogP contribution in [0.5, 0.6) is 5.75 Å². The van der Waals surface area contributed by atoms with Gasteiger partial charge in [-0.2, -0.15) is 11.8 Å². The van der Waals surface area contributed by atoms with E-state index in [1.54, 1.807) is 18.9 Å². The molecular weight excluding hydrogens is 244 g/mol. The fourth-order valence-corrected chi connectivity index (χ4v) is 2.62. The van der Waals surface area contributed by atoms with Crippen LogP contribution in [0.2, 0.25) is 0 Å². The molecule has 0 aliphatic rings. The van der Waals surface area contributed by atoms with Gasteiger partial charge >= 0.3 is 0 Å². The molecule has 0 atom stereocenters. The molecule has 0 aliphatic carbocycles. The number of benzene rings is 1. The van der Waals surface area contributed by atoms with E-state index >= 15 is 0 Å². The predicted octanol–water partition coefficient (Wildman–Crippen LogP) is 3.94. The first kappa shape index (κ1) is 15.1. The van der Waals surface area contributed by atoms with Gasteiger partial charge in [0.1, 0.15) is 5.75 Å². The highest BCUT2D eigenvalue weighted by molar-refractivity contribution is 8.00. The zero-order valence-corrected chi connectivity index (χ0v) is 12.9. The number of carbonyl (C=O) groups is 1. The van der Waals surface area contributed by atoms with Crippen molar-refractivity contribution in [3.05, 3.63) is 28.3 Å². The molecule has 2 nitrogen and oxygen atoms in total. The van der Waals surface area contributed by atoms with Crippen molar-refractivity contribution in [1.82, 2.24) is 0 Å². The van der Waals surface area contributed by atoms with Gasteiger partial charge in [0, 0.05) is 5.56 Å². The Balaban J connectivity index is 3.07. The zero-order valence-electron chi connectivity index (χ0n) is 12.1. The Bertz CT molecular complexity index is 450. The predicted molar refractivity (Wildman–Crippen MR) is 79.1 cm³/mol. The van der Waals surface area contributed by atoms with E-state index in [4.69, 9.17) is 4.74 Å². The van der Waals surface area contributed by atoms with E-state index in [9.17, 15) is 4.79 Å². The van der Waals surface area contributed by atoms with E-state index < -0.39 is 0 Å². The van der Waals surface area contributed by atoms with Gasteiger partial charge in [0.05, 0.1) is 12.9 Å². The Labute approximate surface area is 114 Å². The second-order valence-corrected chi connectivity index (χ2v) is 6.37. The molecule has 0 fully saturated rings. The summed E-state index contributed by atoms with van der Waals surface area (Å²) < 4.78 is 5.37. The van der Waals surface area contributed by atoms with Crippen LogP contribution in [-0.2, 0) is 0 Å². The molecule has 0 aliphatic heterocycles. The van der Waals surface area contributed by atoms with Crippen molar-refractivity contribution in [1.29, 1.82) is 0 Å². The number of hydrogen-bond acceptors (Lipinski definition) is 3. The number of ether oxygens (including phenoxy) is 1. The largest absolute Gasteiger partial charge is 0.496 e. The summed E-state index contributed by atoms with van der Waals surface area (Å²) in [5, 5.41) is 0.481. The lowest BCUT2D eigenvalue weighted by Gasteiger charge is -2.15. The summed E-state index contributed by atoms with van der Waals surface area (Å²) in [7, 11) is 1.67. The molecule has 0 heterocycles. The Hall–Kier alpha value is -0.960. The minimum Gasteiger partial charge on any atom is -0.496 e. The smallest absolute Gasteiger partial charge is 0.173 e. The van der Waals surface area contributed by atoms with Crippen LogP contribution in [0.25, 0.3) is 0 Å². The van der Waals surface area contributed by atoms with Gasteiger partial charge in [-0.3, -0.25) is 4.79 Å². The lowest BCUT2D eigenvalue weighted by Crippen LogP contribution is -2.09. The van der Waals surface area contributed by atoms with Crippen LogP contribution in [0, 0.1) is 20.8 Å². The van der Waals surface area contributed by atoms with E-state index in [0.717, 1.165) is 28.0 Å². The normalized spacial score (nSPS) is 10.8. The maximum Gasteiger partial charge on any atom is 0.173 e. The highest BCUT2D eigenvalue weighted by atomic mass is 32.2. The molecule has 0 unspecified atom stereocenters. The molecule has 0 saturated carbocycles. The van der Waals surface area contributed by atoms with Crippen LogP contribution in [0.3, 0.4) is 0 Å². The van der Waals surface area contributed by atoms with Crippen molar-refractivity contribution >= 4 is 17.5 Å². The number of hydrogen-bond donors (Lipinski definition) is 0. The molecule has 0 aromatic heterocycles. The summed E-state index contributed by atoms with van der Waals surface area (Å²) in [6.45, 7) is 10.2. The van der Waals surface area contributed by atoms with Crippen LogP contribution in [0.15, 0.2) is 6.07 Å². The number of ketones is 1. The summed E-state index contributed by atoms with van der Waals surface area (Å²) >= 11 is 1.68. The third kappa shape index (κ3) is 3.29. The van der Waals surface area contributed by atoms with Crippen molar-refractivity contribution in [2.24, 2.45) is 0 Å². The molecule has 0 radical (unpaired) electrons. The molecule has 1 aromatic carbocycles. The third-order valence-corrected chi connectivity index (χ3v) is 4.17. The Morgan fingerprint density at radius 1 is 1.28 bits per heavy atom. The first-order chi connectivity index (χ1) is 8.38. The molecule has 1 aromatic rings. The van der Waals surface area contributed by atoms with Gasteiger partial charge in [-0.15, -0.1) is 0 Å². The average Bonchev–Trinajstić information content (AvgIpc) is 2.31. The molecule has 0 spiro atoms. The Morgan fingerprint density at radius 2 is 1.89 bits per heavy atom. The molecule has 0 N–H and O–H groups in total. The highest BCUT2D eigenvalue weighted by Gasteiger charge is 2.16. The average molecular weight is 266 g/mol. The van der Waals surface area contributed by atoms with E-state index in [1.807, 2.05) is 26.8 Å². The topological polar surface area (TPSA) is 26.3 Å². The van der Waals surface area contributed by atoms with Gasteiger partial charge < -0.3 is 4.74 Å². The van der Waals surface area contributed by atoms with Gasteiger partial charge in [0.15, 0.2) is 5.78 Å². The van der Waals surface area contributed by atoms with Gasteiger partial charge in [-0.25, -0.2) is 0 Å². The van der Waals surface area contributed by atoms with Crippen molar-refractivity contribution in [3.63, 3.8) is 0 Å². The summed E-state index contributed by atoms with van der Waals surface area (Å²) in [6.07, 6.45) is 0. The number of aryl methyl sites for hydroxylation is 1. The minimum absolute atomic E-state index is 0.208. The zero-order chi connectivity index (χ0) is 13.9. The molecule has 3 heteroatoms. The molecule has 0 bridgehead atoms. The van der Waals surface area contributed by atoms with Crippen LogP contribution >= 0.6 is 11.8 Å². The molecule has 18 heavy (non-hydrogen) atoms. The van der Waals surface area contributed by atoms with Crippen LogP contribution in [-0.4, -0.2) is 23.9 Å². The first-order valence-corrected chi connectivity index (χ1v) is 7.23. The van der Waals surface area contributed by atoms with Gasteiger partial charge in [0.25, 0.3) is 0 Å². The van der Waals surface area contributed by atoms with E-state index in [-0.39, 0.29) is 5.78 Å². The van der Waals surface area contributed by atoms with Crippen LogP contribution < -0.4 is 4.74 Å². The summed E-state index contributed by atoms with van der Waals surface area (Å²) in [5.41, 5.74) is 3.96. The maximum atomic E-state index is 12.2. The number of Topliss-reactive ketones (excluding diaryl/α,β-unsaturated/α-hetero) is 1. The summed E-state index contributed by atoms with van der Waals surface area (Å²) in [4.78, 5) is 12.2. The quantitative estimate of drug-likeness (QED) is 0.755. The second-order valence-electron chi connectivity index (χ2n) is 4.81. The fourth-order valence-electron chi connectivity index (χ4n) is 1.98. The summed E-state index contributed by atoms with van der Waals surface area (Å²) in [5.74, 6) is 1.64. The van der Waals surface area contributed by atoms with E-state index in [1.165, 1.54) is 0 Å². The molecule has 0 saturated heterocycles. The Morgan fingerprint density at radius 3 is 2.39 bits per heavy atom. The standard InChI is InChI=1S/C15H22O2S/c1-9(2)18-8-14(16)13-7-10(3)15(17-6)12(5)11(13)4/h7,9H,8H2,1-6H3. The fraction of sp³-hybridized carbons (Fsp3) is 0.533. The molecule has 1 rings (SSSR count). The number of methoxy groups -OCH3 is 1. The minimum atomic E-state index is 0.208. The third-order valence-electron chi connectivity index (χ3n) is 3.08. The summed E-state index contributed by atoms with van der Waals surface area (Å²) in [6, 6.07) is 1.95. The van der Waals surface area contributed by atoms with E-state index in [0.29, 0.717) is 11.0 Å². The Kier molecular flexibility index (Phi) is 5.27. The van der Waals surface area contributed by atoms with Crippen molar-refractivity contribution in [3.8, 4) is 5.75 Å². The van der Waals surface area contributed by atoms with Crippen LogP contribution in [0.1, 0.15) is 40.9 Å². The monoisotopic (exact) mass is 266 g/mol. The van der Waals surface area contributed by atoms with Crippen molar-refractivity contribution < 1.29 is 9.53 Å². The SMILES string of the molecule is COc1c(C)cc(C(=O)CSC(C)C)c(C)c1C. The van der Waals surface area contributed by atoms with Crippen LogP contribution in [0.4, 0.5) is 0 Å². The van der Waals surface area contributed by atoms with Crippen molar-refractivity contribution in [2.75, 3.05) is 12.9 Å².